The van der Waals surface area contributed by atoms with Crippen LogP contribution < -0.4 is 20.5 Å². The quantitative estimate of drug-likeness (QED) is 0.834. The van der Waals surface area contributed by atoms with Gasteiger partial charge in [-0.05, 0) is 30.3 Å². The fraction of sp³-hybridized carbons (Fsp3) is 0.0714. The molecule has 0 radical (unpaired) electrons. The maximum Gasteiger partial charge on any atom is 0.257 e. The monoisotopic (exact) mass is 290 g/mol. The third kappa shape index (κ3) is 2.35. The molecular formula is C14H11ClN2O3. The Hall–Kier alpha value is -2.40. The molecule has 1 heterocycles. The van der Waals surface area contributed by atoms with E-state index in [1.807, 2.05) is 0 Å². The molecule has 0 unspecified atom stereocenters. The predicted octanol–water partition coefficient (Wildman–Crippen LogP) is 2.90. The standard InChI is InChI=1S/C14H11ClN2O3/c15-11-5-8(16)1-3-10(11)14(18)17-9-2-4-12-13(6-9)20-7-19-12/h1-6H,7,16H2,(H,17,18). The average molecular weight is 291 g/mol. The average Bonchev–Trinajstić information content (AvgIpc) is 2.85. The van der Waals surface area contributed by atoms with E-state index in [2.05, 4.69) is 5.32 Å². The minimum absolute atomic E-state index is 0.191. The van der Waals surface area contributed by atoms with Crippen molar-refractivity contribution in [1.82, 2.24) is 0 Å². The second kappa shape index (κ2) is 4.94. The van der Waals surface area contributed by atoms with E-state index in [1.165, 1.54) is 6.07 Å². The highest BCUT2D eigenvalue weighted by atomic mass is 35.5. The third-order valence-corrected chi connectivity index (χ3v) is 3.18. The van der Waals surface area contributed by atoms with Crippen LogP contribution in [0.25, 0.3) is 0 Å². The van der Waals surface area contributed by atoms with E-state index in [0.29, 0.717) is 33.5 Å². The molecule has 102 valence electrons. The van der Waals surface area contributed by atoms with Crippen LogP contribution in [-0.4, -0.2) is 12.7 Å². The van der Waals surface area contributed by atoms with Crippen molar-refractivity contribution in [1.29, 1.82) is 0 Å². The molecule has 0 saturated carbocycles. The van der Waals surface area contributed by atoms with Crippen LogP contribution in [0.4, 0.5) is 11.4 Å². The third-order valence-electron chi connectivity index (χ3n) is 2.87. The number of halogens is 1. The van der Waals surface area contributed by atoms with E-state index in [9.17, 15) is 4.79 Å². The molecule has 1 amide bonds. The van der Waals surface area contributed by atoms with Gasteiger partial charge in [-0.25, -0.2) is 0 Å². The van der Waals surface area contributed by atoms with E-state index in [-0.39, 0.29) is 12.7 Å². The van der Waals surface area contributed by atoms with Gasteiger partial charge in [-0.2, -0.15) is 0 Å². The highest BCUT2D eigenvalue weighted by molar-refractivity contribution is 6.34. The van der Waals surface area contributed by atoms with Crippen molar-refractivity contribution >= 4 is 28.9 Å². The SMILES string of the molecule is Nc1ccc(C(=O)Nc2ccc3c(c2)OCO3)c(Cl)c1. The maximum atomic E-state index is 12.1. The van der Waals surface area contributed by atoms with Gasteiger partial charge in [-0.1, -0.05) is 11.6 Å². The zero-order valence-corrected chi connectivity index (χ0v) is 11.1. The Balaban J connectivity index is 1.82. The van der Waals surface area contributed by atoms with Crippen molar-refractivity contribution in [2.75, 3.05) is 17.8 Å². The highest BCUT2D eigenvalue weighted by Gasteiger charge is 2.15. The Morgan fingerprint density at radius 2 is 1.95 bits per heavy atom. The second-order valence-electron chi connectivity index (χ2n) is 4.26. The molecule has 20 heavy (non-hydrogen) atoms. The Morgan fingerprint density at radius 3 is 2.75 bits per heavy atom. The minimum atomic E-state index is -0.311. The van der Waals surface area contributed by atoms with Crippen LogP contribution in [0.1, 0.15) is 10.4 Å². The fourth-order valence-electron chi connectivity index (χ4n) is 1.89. The molecule has 3 N–H and O–H groups in total. The maximum absolute atomic E-state index is 12.1. The molecule has 0 aliphatic carbocycles. The van der Waals surface area contributed by atoms with Gasteiger partial charge in [-0.3, -0.25) is 4.79 Å². The number of carbonyl (C=O) groups is 1. The number of benzene rings is 2. The molecule has 2 aromatic rings. The topological polar surface area (TPSA) is 73.6 Å². The number of ether oxygens (including phenoxy) is 2. The number of fused-ring (bicyclic) bond motifs is 1. The van der Waals surface area contributed by atoms with Crippen molar-refractivity contribution in [2.45, 2.75) is 0 Å². The van der Waals surface area contributed by atoms with Gasteiger partial charge in [0.05, 0.1) is 10.6 Å². The molecular weight excluding hydrogens is 280 g/mol. The van der Waals surface area contributed by atoms with Crippen molar-refractivity contribution in [3.63, 3.8) is 0 Å². The second-order valence-corrected chi connectivity index (χ2v) is 4.67. The van der Waals surface area contributed by atoms with E-state index in [0.717, 1.165) is 0 Å². The van der Waals surface area contributed by atoms with Gasteiger partial charge in [0.25, 0.3) is 5.91 Å². The summed E-state index contributed by atoms with van der Waals surface area (Å²) in [5.74, 6) is 0.952. The van der Waals surface area contributed by atoms with Gasteiger partial charge in [0, 0.05) is 17.4 Å². The summed E-state index contributed by atoms with van der Waals surface area (Å²) < 4.78 is 10.5. The summed E-state index contributed by atoms with van der Waals surface area (Å²) in [7, 11) is 0. The molecule has 2 aromatic carbocycles. The number of hydrogen-bond acceptors (Lipinski definition) is 4. The summed E-state index contributed by atoms with van der Waals surface area (Å²) in [4.78, 5) is 12.1. The van der Waals surface area contributed by atoms with Crippen molar-refractivity contribution < 1.29 is 14.3 Å². The molecule has 0 bridgehead atoms. The Morgan fingerprint density at radius 1 is 1.15 bits per heavy atom. The zero-order chi connectivity index (χ0) is 14.1. The smallest absolute Gasteiger partial charge is 0.257 e. The van der Waals surface area contributed by atoms with Crippen LogP contribution in [0, 0.1) is 0 Å². The molecule has 1 aliphatic heterocycles. The number of nitrogen functional groups attached to an aromatic ring is 1. The summed E-state index contributed by atoms with van der Waals surface area (Å²) >= 11 is 6.00. The van der Waals surface area contributed by atoms with Gasteiger partial charge < -0.3 is 20.5 Å². The first kappa shape index (κ1) is 12.6. The molecule has 1 aliphatic rings. The summed E-state index contributed by atoms with van der Waals surface area (Å²) in [5, 5.41) is 3.06. The lowest BCUT2D eigenvalue weighted by molar-refractivity contribution is 0.102. The summed E-state index contributed by atoms with van der Waals surface area (Å²) in [6.45, 7) is 0.191. The van der Waals surface area contributed by atoms with Gasteiger partial charge in [0.1, 0.15) is 0 Å². The zero-order valence-electron chi connectivity index (χ0n) is 10.4. The molecule has 6 heteroatoms. The van der Waals surface area contributed by atoms with Crippen LogP contribution in [0.15, 0.2) is 36.4 Å². The molecule has 0 saturated heterocycles. The number of rotatable bonds is 2. The van der Waals surface area contributed by atoms with E-state index >= 15 is 0 Å². The van der Waals surface area contributed by atoms with Crippen LogP contribution in [0.5, 0.6) is 11.5 Å². The first-order chi connectivity index (χ1) is 9.63. The largest absolute Gasteiger partial charge is 0.454 e. The number of nitrogens with two attached hydrogens (primary N) is 1. The van der Waals surface area contributed by atoms with Crippen molar-refractivity contribution in [3.8, 4) is 11.5 Å². The van der Waals surface area contributed by atoms with Crippen molar-refractivity contribution in [2.24, 2.45) is 0 Å². The molecule has 0 fully saturated rings. The molecule has 5 nitrogen and oxygen atoms in total. The number of amides is 1. The van der Waals surface area contributed by atoms with E-state index < -0.39 is 0 Å². The Labute approximate surface area is 120 Å². The van der Waals surface area contributed by atoms with Gasteiger partial charge in [-0.15, -0.1) is 0 Å². The highest BCUT2D eigenvalue weighted by Crippen LogP contribution is 2.34. The molecule has 3 rings (SSSR count). The van der Waals surface area contributed by atoms with Gasteiger partial charge >= 0.3 is 0 Å². The van der Waals surface area contributed by atoms with E-state index in [1.54, 1.807) is 30.3 Å². The summed E-state index contributed by atoms with van der Waals surface area (Å²) in [6, 6.07) is 9.92. The normalized spacial score (nSPS) is 12.2. The van der Waals surface area contributed by atoms with Crippen LogP contribution in [0.2, 0.25) is 5.02 Å². The molecule has 0 spiro atoms. The van der Waals surface area contributed by atoms with Crippen LogP contribution in [-0.2, 0) is 0 Å². The molecule has 0 atom stereocenters. The summed E-state index contributed by atoms with van der Waals surface area (Å²) in [6.07, 6.45) is 0. The van der Waals surface area contributed by atoms with Crippen molar-refractivity contribution in [3.05, 3.63) is 47.0 Å². The Kier molecular flexibility index (Phi) is 3.12. The number of carbonyl (C=O) groups excluding carboxylic acids is 1. The minimum Gasteiger partial charge on any atom is -0.454 e. The van der Waals surface area contributed by atoms with E-state index in [4.69, 9.17) is 26.8 Å². The predicted molar refractivity (Wildman–Crippen MR) is 76.4 cm³/mol. The van der Waals surface area contributed by atoms with Crippen LogP contribution >= 0.6 is 11.6 Å². The first-order valence-electron chi connectivity index (χ1n) is 5.89. The number of nitrogens with one attached hydrogen (secondary N) is 1. The lowest BCUT2D eigenvalue weighted by Crippen LogP contribution is -2.12. The lowest BCUT2D eigenvalue weighted by atomic mass is 10.2. The van der Waals surface area contributed by atoms with Crippen LogP contribution in [0.3, 0.4) is 0 Å². The fourth-order valence-corrected chi connectivity index (χ4v) is 2.16. The first-order valence-corrected chi connectivity index (χ1v) is 6.27. The molecule has 0 aromatic heterocycles. The lowest BCUT2D eigenvalue weighted by Gasteiger charge is -2.08. The Bertz CT molecular complexity index is 688. The van der Waals surface area contributed by atoms with Gasteiger partial charge in [0.15, 0.2) is 11.5 Å². The number of hydrogen-bond donors (Lipinski definition) is 2. The number of anilines is 2. The summed E-state index contributed by atoms with van der Waals surface area (Å²) in [5.41, 5.74) is 7.07. The van der Waals surface area contributed by atoms with Gasteiger partial charge in [0.2, 0.25) is 6.79 Å².